The van der Waals surface area contributed by atoms with Gasteiger partial charge in [0, 0.05) is 5.56 Å². The van der Waals surface area contributed by atoms with Gasteiger partial charge in [-0.3, -0.25) is 0 Å². The Kier molecular flexibility index (Phi) is 4.36. The number of rotatable bonds is 3. The highest BCUT2D eigenvalue weighted by atomic mass is 28.4. The zero-order valence-corrected chi connectivity index (χ0v) is 12.8. The highest BCUT2D eigenvalue weighted by Gasteiger charge is 2.39. The van der Waals surface area contributed by atoms with Gasteiger partial charge in [-0.1, -0.05) is 51.1 Å². The Hall–Kier alpha value is -1.53. The van der Waals surface area contributed by atoms with Crippen molar-refractivity contribution < 1.29 is 4.43 Å². The molecular weight excluding hydrogens is 238 g/mol. The molecule has 0 aromatic heterocycles. The molecule has 0 bridgehead atoms. The van der Waals surface area contributed by atoms with E-state index in [4.69, 9.17) is 9.69 Å². The maximum absolute atomic E-state index is 8.91. The van der Waals surface area contributed by atoms with E-state index in [1.54, 1.807) is 0 Å². The van der Waals surface area contributed by atoms with Crippen molar-refractivity contribution in [3.8, 4) is 6.07 Å². The summed E-state index contributed by atoms with van der Waals surface area (Å²) in [5.41, 5.74) is 0.962. The molecule has 0 unspecified atom stereocenters. The third-order valence-electron chi connectivity index (χ3n) is 3.43. The molecule has 0 saturated carbocycles. The van der Waals surface area contributed by atoms with Crippen LogP contribution >= 0.6 is 0 Å². The largest absolute Gasteiger partial charge is 0.543 e. The predicted molar refractivity (Wildman–Crippen MR) is 78.3 cm³/mol. The molecule has 1 aromatic carbocycles. The Morgan fingerprint density at radius 2 is 1.78 bits per heavy atom. The lowest BCUT2D eigenvalue weighted by Gasteiger charge is -2.37. The van der Waals surface area contributed by atoms with E-state index in [0.29, 0.717) is 5.76 Å². The molecule has 0 heterocycles. The number of nitriles is 1. The van der Waals surface area contributed by atoms with Crippen molar-refractivity contribution in [2.45, 2.75) is 38.9 Å². The molecule has 0 N–H and O–H groups in total. The normalized spacial score (nSPS) is 13.0. The van der Waals surface area contributed by atoms with Crippen LogP contribution in [0.4, 0.5) is 0 Å². The third-order valence-corrected chi connectivity index (χ3v) is 7.77. The standard InChI is InChI=1S/C15H21NOSi/c1-15(2,3)18(4,5)17-14(11-12-16)13-9-7-6-8-10-13/h6-11H,1-5H3/b14-11-. The van der Waals surface area contributed by atoms with Crippen molar-refractivity contribution in [3.05, 3.63) is 42.0 Å². The van der Waals surface area contributed by atoms with Crippen LogP contribution in [0, 0.1) is 11.3 Å². The molecule has 0 atom stereocenters. The summed E-state index contributed by atoms with van der Waals surface area (Å²) in [4.78, 5) is 0. The van der Waals surface area contributed by atoms with Crippen molar-refractivity contribution in [1.82, 2.24) is 0 Å². The van der Waals surface area contributed by atoms with Crippen LogP contribution in [0.2, 0.25) is 18.1 Å². The number of allylic oxidation sites excluding steroid dienone is 1. The van der Waals surface area contributed by atoms with E-state index in [-0.39, 0.29) is 5.04 Å². The van der Waals surface area contributed by atoms with Gasteiger partial charge >= 0.3 is 0 Å². The van der Waals surface area contributed by atoms with Crippen LogP contribution in [0.1, 0.15) is 26.3 Å². The average Bonchev–Trinajstić information content (AvgIpc) is 2.28. The van der Waals surface area contributed by atoms with Crippen LogP contribution in [-0.4, -0.2) is 8.32 Å². The van der Waals surface area contributed by atoms with E-state index in [0.717, 1.165) is 5.56 Å². The minimum atomic E-state index is -1.91. The smallest absolute Gasteiger partial charge is 0.250 e. The molecule has 0 radical (unpaired) electrons. The first-order valence-corrected chi connectivity index (χ1v) is 9.03. The van der Waals surface area contributed by atoms with Crippen molar-refractivity contribution in [3.63, 3.8) is 0 Å². The maximum Gasteiger partial charge on any atom is 0.250 e. The lowest BCUT2D eigenvalue weighted by Crippen LogP contribution is -2.40. The first kappa shape index (κ1) is 14.5. The fourth-order valence-electron chi connectivity index (χ4n) is 1.26. The number of benzene rings is 1. The Labute approximate surface area is 111 Å². The fourth-order valence-corrected chi connectivity index (χ4v) is 2.29. The second-order valence-electron chi connectivity index (χ2n) is 5.87. The molecular formula is C15H21NOSi. The monoisotopic (exact) mass is 259 g/mol. The molecule has 0 aliphatic heterocycles. The van der Waals surface area contributed by atoms with Crippen molar-refractivity contribution in [2.75, 3.05) is 0 Å². The van der Waals surface area contributed by atoms with Gasteiger partial charge in [-0.05, 0) is 18.1 Å². The van der Waals surface area contributed by atoms with Crippen molar-refractivity contribution in [1.29, 1.82) is 5.26 Å². The van der Waals surface area contributed by atoms with Gasteiger partial charge in [0.05, 0.1) is 12.1 Å². The Morgan fingerprint density at radius 3 is 2.22 bits per heavy atom. The number of hydrogen-bond donors (Lipinski definition) is 0. The summed E-state index contributed by atoms with van der Waals surface area (Å²) in [5, 5.41) is 9.03. The quantitative estimate of drug-likeness (QED) is 0.452. The van der Waals surface area contributed by atoms with E-state index in [2.05, 4.69) is 39.9 Å². The Balaban J connectivity index is 3.05. The van der Waals surface area contributed by atoms with E-state index >= 15 is 0 Å². The van der Waals surface area contributed by atoms with Gasteiger partial charge in [-0.2, -0.15) is 5.26 Å². The molecule has 3 heteroatoms. The predicted octanol–water partition coefficient (Wildman–Crippen LogP) is 4.57. The van der Waals surface area contributed by atoms with Crippen LogP contribution in [0.5, 0.6) is 0 Å². The van der Waals surface area contributed by atoms with Gasteiger partial charge in [0.15, 0.2) is 0 Å². The van der Waals surface area contributed by atoms with Crippen LogP contribution in [0.15, 0.2) is 36.4 Å². The topological polar surface area (TPSA) is 33.0 Å². The second-order valence-corrected chi connectivity index (χ2v) is 10.6. The fraction of sp³-hybridized carbons (Fsp3) is 0.400. The summed E-state index contributed by atoms with van der Waals surface area (Å²) < 4.78 is 6.21. The molecule has 0 amide bonds. The highest BCUT2D eigenvalue weighted by molar-refractivity contribution is 6.74. The van der Waals surface area contributed by atoms with Crippen molar-refractivity contribution >= 4 is 14.1 Å². The summed E-state index contributed by atoms with van der Waals surface area (Å²) in [6.07, 6.45) is 1.50. The Morgan fingerprint density at radius 1 is 1.22 bits per heavy atom. The first-order valence-electron chi connectivity index (χ1n) is 6.12. The summed E-state index contributed by atoms with van der Waals surface area (Å²) in [6, 6.07) is 11.9. The molecule has 1 rings (SSSR count). The molecule has 96 valence electrons. The highest BCUT2D eigenvalue weighted by Crippen LogP contribution is 2.39. The number of nitrogens with zero attached hydrogens (tertiary/aromatic N) is 1. The lowest BCUT2D eigenvalue weighted by atomic mass is 10.2. The molecule has 18 heavy (non-hydrogen) atoms. The Bertz CT molecular complexity index is 464. The van der Waals surface area contributed by atoms with Crippen LogP contribution in [0.25, 0.3) is 5.76 Å². The van der Waals surface area contributed by atoms with E-state index in [9.17, 15) is 0 Å². The molecule has 0 aliphatic rings. The molecule has 2 nitrogen and oxygen atoms in total. The third kappa shape index (κ3) is 3.48. The zero-order chi connectivity index (χ0) is 13.8. The van der Waals surface area contributed by atoms with Gasteiger partial charge < -0.3 is 4.43 Å². The van der Waals surface area contributed by atoms with E-state index in [1.807, 2.05) is 30.3 Å². The average molecular weight is 259 g/mol. The SMILES string of the molecule is CC(C)(C)[Si](C)(C)O/C(=C\C#N)c1ccccc1. The van der Waals surface area contributed by atoms with Gasteiger partial charge in [0.25, 0.3) is 8.32 Å². The zero-order valence-electron chi connectivity index (χ0n) is 11.8. The lowest BCUT2D eigenvalue weighted by molar-refractivity contribution is 0.458. The van der Waals surface area contributed by atoms with Crippen LogP contribution < -0.4 is 0 Å². The van der Waals surface area contributed by atoms with E-state index < -0.39 is 8.32 Å². The second kappa shape index (κ2) is 5.41. The molecule has 0 fully saturated rings. The van der Waals surface area contributed by atoms with Gasteiger partial charge in [-0.25, -0.2) is 0 Å². The molecule has 0 spiro atoms. The molecule has 0 aliphatic carbocycles. The summed E-state index contributed by atoms with van der Waals surface area (Å²) >= 11 is 0. The summed E-state index contributed by atoms with van der Waals surface area (Å²) in [6.45, 7) is 10.9. The maximum atomic E-state index is 8.91. The van der Waals surface area contributed by atoms with Crippen LogP contribution in [0.3, 0.4) is 0 Å². The first-order chi connectivity index (χ1) is 8.28. The minimum absolute atomic E-state index is 0.121. The van der Waals surface area contributed by atoms with Gasteiger partial charge in [-0.15, -0.1) is 0 Å². The summed E-state index contributed by atoms with van der Waals surface area (Å²) in [5.74, 6) is 0.685. The van der Waals surface area contributed by atoms with Crippen molar-refractivity contribution in [2.24, 2.45) is 0 Å². The summed E-state index contributed by atoms with van der Waals surface area (Å²) in [7, 11) is -1.91. The number of hydrogen-bond acceptors (Lipinski definition) is 2. The van der Waals surface area contributed by atoms with E-state index in [1.165, 1.54) is 6.08 Å². The molecule has 0 saturated heterocycles. The molecule has 1 aromatic rings. The van der Waals surface area contributed by atoms with Gasteiger partial charge in [0.1, 0.15) is 5.76 Å². The van der Waals surface area contributed by atoms with Gasteiger partial charge in [0.2, 0.25) is 0 Å². The van der Waals surface area contributed by atoms with Crippen LogP contribution in [-0.2, 0) is 4.43 Å². The minimum Gasteiger partial charge on any atom is -0.543 e.